The van der Waals surface area contributed by atoms with E-state index in [4.69, 9.17) is 0 Å². The number of aliphatic hydroxyl groups is 1. The van der Waals surface area contributed by atoms with Crippen molar-refractivity contribution in [3.05, 3.63) is 74.8 Å². The molecule has 4 nitrogen and oxygen atoms in total. The number of aryl methyl sites for hydroxylation is 1. The van der Waals surface area contributed by atoms with Crippen LogP contribution in [0, 0.1) is 6.92 Å². The van der Waals surface area contributed by atoms with Gasteiger partial charge in [0.2, 0.25) is 0 Å². The summed E-state index contributed by atoms with van der Waals surface area (Å²) < 4.78 is 0.918. The topological polar surface area (TPSA) is 57.6 Å². The summed E-state index contributed by atoms with van der Waals surface area (Å²) in [6.45, 7) is 8.58. The first kappa shape index (κ1) is 21.3. The molecule has 2 aromatic rings. The van der Waals surface area contributed by atoms with Crippen LogP contribution in [-0.2, 0) is 9.59 Å². The van der Waals surface area contributed by atoms with E-state index >= 15 is 0 Å². The Hall–Kier alpha value is -2.40. The zero-order valence-corrected chi connectivity index (χ0v) is 18.8. The SMILES string of the molecule is CCCN1C(=O)C(=O)/C(=C(\O)c2ccc(Br)c(C)c2)C1c1ccc(C(C)C)cc1. The summed E-state index contributed by atoms with van der Waals surface area (Å²) >= 11 is 3.45. The summed E-state index contributed by atoms with van der Waals surface area (Å²) in [5.74, 6) is -0.929. The number of halogens is 1. The molecule has 1 aliphatic heterocycles. The molecule has 0 radical (unpaired) electrons. The standard InChI is InChI=1S/C24H26BrNO3/c1-5-12-26-21(17-8-6-16(7-9-17)14(2)3)20(23(28)24(26)29)22(27)18-10-11-19(25)15(4)13-18/h6-11,13-14,21,27H,5,12H2,1-4H3/b22-20-. The van der Waals surface area contributed by atoms with E-state index in [0.29, 0.717) is 18.0 Å². The monoisotopic (exact) mass is 455 g/mol. The predicted molar refractivity (Wildman–Crippen MR) is 119 cm³/mol. The Balaban J connectivity index is 2.17. The lowest BCUT2D eigenvalue weighted by molar-refractivity contribution is -0.139. The van der Waals surface area contributed by atoms with Crippen LogP contribution in [0.4, 0.5) is 0 Å². The van der Waals surface area contributed by atoms with Crippen molar-refractivity contribution in [2.24, 2.45) is 0 Å². The third-order valence-corrected chi connectivity index (χ3v) is 6.24. The minimum atomic E-state index is -0.630. The summed E-state index contributed by atoms with van der Waals surface area (Å²) in [5, 5.41) is 11.0. The molecule has 0 saturated carbocycles. The van der Waals surface area contributed by atoms with Gasteiger partial charge in [-0.05, 0) is 48.1 Å². The van der Waals surface area contributed by atoms with Crippen LogP contribution in [0.25, 0.3) is 5.76 Å². The number of hydrogen-bond donors (Lipinski definition) is 1. The van der Waals surface area contributed by atoms with Gasteiger partial charge in [0.05, 0.1) is 11.6 Å². The molecule has 1 N–H and O–H groups in total. The highest BCUT2D eigenvalue weighted by Crippen LogP contribution is 2.40. The van der Waals surface area contributed by atoms with Gasteiger partial charge in [-0.3, -0.25) is 9.59 Å². The summed E-state index contributed by atoms with van der Waals surface area (Å²) in [6.07, 6.45) is 0.727. The maximum Gasteiger partial charge on any atom is 0.295 e. The maximum absolute atomic E-state index is 12.9. The Morgan fingerprint density at radius 2 is 1.79 bits per heavy atom. The van der Waals surface area contributed by atoms with Crippen molar-refractivity contribution < 1.29 is 14.7 Å². The third kappa shape index (κ3) is 4.01. The van der Waals surface area contributed by atoms with Gasteiger partial charge < -0.3 is 10.0 Å². The molecule has 152 valence electrons. The number of likely N-dealkylation sites (tertiary alicyclic amines) is 1. The fraction of sp³-hybridized carbons (Fsp3) is 0.333. The lowest BCUT2D eigenvalue weighted by atomic mass is 9.93. The Morgan fingerprint density at radius 3 is 2.34 bits per heavy atom. The quantitative estimate of drug-likeness (QED) is 0.356. The van der Waals surface area contributed by atoms with Crippen molar-refractivity contribution in [1.29, 1.82) is 0 Å². The first-order valence-corrected chi connectivity index (χ1v) is 10.7. The third-order valence-electron chi connectivity index (χ3n) is 5.35. The van der Waals surface area contributed by atoms with Crippen LogP contribution in [0.2, 0.25) is 0 Å². The maximum atomic E-state index is 12.9. The Bertz CT molecular complexity index is 976. The second-order valence-corrected chi connectivity index (χ2v) is 8.63. The molecule has 0 bridgehead atoms. The van der Waals surface area contributed by atoms with Crippen LogP contribution in [0.15, 0.2) is 52.5 Å². The van der Waals surface area contributed by atoms with Gasteiger partial charge in [-0.1, -0.05) is 67.0 Å². The Labute approximate surface area is 180 Å². The van der Waals surface area contributed by atoms with Crippen molar-refractivity contribution in [2.75, 3.05) is 6.54 Å². The zero-order valence-electron chi connectivity index (χ0n) is 17.2. The molecule has 1 fully saturated rings. The van der Waals surface area contributed by atoms with E-state index in [-0.39, 0.29) is 11.3 Å². The van der Waals surface area contributed by atoms with Crippen LogP contribution in [-0.4, -0.2) is 28.2 Å². The van der Waals surface area contributed by atoms with Gasteiger partial charge in [0.25, 0.3) is 11.7 Å². The molecule has 2 aromatic carbocycles. The van der Waals surface area contributed by atoms with Gasteiger partial charge in [-0.2, -0.15) is 0 Å². The van der Waals surface area contributed by atoms with E-state index in [1.54, 1.807) is 11.0 Å². The second kappa shape index (κ2) is 8.54. The van der Waals surface area contributed by atoms with Crippen molar-refractivity contribution in [1.82, 2.24) is 4.90 Å². The normalized spacial score (nSPS) is 18.7. The largest absolute Gasteiger partial charge is 0.507 e. The first-order valence-electron chi connectivity index (χ1n) is 9.91. The molecule has 29 heavy (non-hydrogen) atoms. The number of rotatable bonds is 5. The lowest BCUT2D eigenvalue weighted by Crippen LogP contribution is -2.30. The molecule has 5 heteroatoms. The van der Waals surface area contributed by atoms with E-state index in [9.17, 15) is 14.7 Å². The number of benzene rings is 2. The Kier molecular flexibility index (Phi) is 6.27. The van der Waals surface area contributed by atoms with E-state index in [1.165, 1.54) is 5.56 Å². The molecule has 1 unspecified atom stereocenters. The van der Waals surface area contributed by atoms with Gasteiger partial charge in [0.15, 0.2) is 0 Å². The molecular formula is C24H26BrNO3. The van der Waals surface area contributed by atoms with Crippen molar-refractivity contribution in [2.45, 2.75) is 46.1 Å². The molecule has 1 aliphatic rings. The van der Waals surface area contributed by atoms with Crippen molar-refractivity contribution in [3.63, 3.8) is 0 Å². The van der Waals surface area contributed by atoms with Crippen molar-refractivity contribution in [3.8, 4) is 0 Å². The highest BCUT2D eigenvalue weighted by Gasteiger charge is 2.45. The number of Topliss-reactive ketones (excluding diaryl/α,β-unsaturated/α-hetero) is 1. The Morgan fingerprint density at radius 1 is 1.14 bits per heavy atom. The zero-order chi connectivity index (χ0) is 21.3. The summed E-state index contributed by atoms with van der Waals surface area (Å²) in [6, 6.07) is 12.8. The molecule has 1 heterocycles. The fourth-order valence-corrected chi connectivity index (χ4v) is 3.96. The van der Waals surface area contributed by atoms with Crippen LogP contribution in [0.5, 0.6) is 0 Å². The van der Waals surface area contributed by atoms with Crippen LogP contribution < -0.4 is 0 Å². The number of carbonyl (C=O) groups is 2. The number of amides is 1. The molecule has 1 atom stereocenters. The molecule has 3 rings (SSSR count). The molecule has 0 aliphatic carbocycles. The van der Waals surface area contributed by atoms with Gasteiger partial charge in [-0.15, -0.1) is 0 Å². The van der Waals surface area contributed by atoms with E-state index in [0.717, 1.165) is 22.0 Å². The van der Waals surface area contributed by atoms with E-state index < -0.39 is 17.7 Å². The van der Waals surface area contributed by atoms with Crippen LogP contribution in [0.1, 0.15) is 61.4 Å². The summed E-state index contributed by atoms with van der Waals surface area (Å²) in [4.78, 5) is 27.2. The van der Waals surface area contributed by atoms with E-state index in [2.05, 4.69) is 29.8 Å². The predicted octanol–water partition coefficient (Wildman–Crippen LogP) is 5.71. The number of aliphatic hydroxyl groups excluding tert-OH is 1. The smallest absolute Gasteiger partial charge is 0.295 e. The molecule has 1 amide bonds. The highest BCUT2D eigenvalue weighted by atomic mass is 79.9. The molecule has 0 aromatic heterocycles. The van der Waals surface area contributed by atoms with Gasteiger partial charge in [0.1, 0.15) is 5.76 Å². The number of nitrogens with zero attached hydrogens (tertiary/aromatic N) is 1. The highest BCUT2D eigenvalue weighted by molar-refractivity contribution is 9.10. The minimum Gasteiger partial charge on any atom is -0.507 e. The summed E-state index contributed by atoms with van der Waals surface area (Å²) in [5.41, 5.74) is 3.64. The van der Waals surface area contributed by atoms with Gasteiger partial charge >= 0.3 is 0 Å². The fourth-order valence-electron chi connectivity index (χ4n) is 3.71. The second-order valence-electron chi connectivity index (χ2n) is 7.78. The summed E-state index contributed by atoms with van der Waals surface area (Å²) in [7, 11) is 0. The lowest BCUT2D eigenvalue weighted by Gasteiger charge is -2.25. The molecule has 1 saturated heterocycles. The van der Waals surface area contributed by atoms with Crippen LogP contribution >= 0.6 is 15.9 Å². The molecular weight excluding hydrogens is 430 g/mol. The molecule has 0 spiro atoms. The minimum absolute atomic E-state index is 0.129. The number of carbonyl (C=O) groups excluding carboxylic acids is 2. The average Bonchev–Trinajstić information content (AvgIpc) is 2.95. The van der Waals surface area contributed by atoms with E-state index in [1.807, 2.05) is 50.2 Å². The average molecular weight is 456 g/mol. The van der Waals surface area contributed by atoms with Gasteiger partial charge in [-0.25, -0.2) is 0 Å². The van der Waals surface area contributed by atoms with Crippen molar-refractivity contribution >= 4 is 33.4 Å². The van der Waals surface area contributed by atoms with Gasteiger partial charge in [0, 0.05) is 16.6 Å². The first-order chi connectivity index (χ1) is 13.8. The number of ketones is 1. The number of hydrogen-bond acceptors (Lipinski definition) is 3. The van der Waals surface area contributed by atoms with Crippen LogP contribution in [0.3, 0.4) is 0 Å².